The van der Waals surface area contributed by atoms with Gasteiger partial charge in [-0.3, -0.25) is 4.90 Å². The number of rotatable bonds is 8. The van der Waals surface area contributed by atoms with Gasteiger partial charge in [-0.1, -0.05) is 38.0 Å². The molecule has 0 bridgehead atoms. The maximum atomic E-state index is 9.21. The van der Waals surface area contributed by atoms with Crippen molar-refractivity contribution < 1.29 is 9.84 Å². The lowest BCUT2D eigenvalue weighted by molar-refractivity contribution is 0.126. The van der Waals surface area contributed by atoms with E-state index in [0.717, 1.165) is 51.3 Å². The molecule has 0 aliphatic carbocycles. The van der Waals surface area contributed by atoms with Gasteiger partial charge in [0.2, 0.25) is 0 Å². The Morgan fingerprint density at radius 2 is 1.95 bits per heavy atom. The predicted molar refractivity (Wildman–Crippen MR) is 86.5 cm³/mol. The first kappa shape index (κ1) is 16.3. The molecule has 0 spiro atoms. The molecule has 2 rings (SSSR count). The molecule has 21 heavy (non-hydrogen) atoms. The third-order valence-electron chi connectivity index (χ3n) is 4.34. The zero-order chi connectivity index (χ0) is 14.9. The van der Waals surface area contributed by atoms with E-state index in [4.69, 9.17) is 4.74 Å². The summed E-state index contributed by atoms with van der Waals surface area (Å²) in [7, 11) is 0. The summed E-state index contributed by atoms with van der Waals surface area (Å²) in [5, 5.41) is 9.21. The van der Waals surface area contributed by atoms with Gasteiger partial charge < -0.3 is 9.84 Å². The molecular formula is C18H29NO2. The molecule has 1 fully saturated rings. The maximum Gasteiger partial charge on any atom is 0.123 e. The molecule has 0 radical (unpaired) electrons. The lowest BCUT2D eigenvalue weighted by atomic mass is 9.97. The second-order valence-electron chi connectivity index (χ2n) is 6.07. The van der Waals surface area contributed by atoms with Gasteiger partial charge in [-0.2, -0.15) is 0 Å². The minimum Gasteiger partial charge on any atom is -0.493 e. The fourth-order valence-corrected chi connectivity index (χ4v) is 2.88. The fourth-order valence-electron chi connectivity index (χ4n) is 2.88. The number of nitrogens with zero attached hydrogens (tertiary/aromatic N) is 1. The van der Waals surface area contributed by atoms with Crippen LogP contribution in [0.2, 0.25) is 0 Å². The summed E-state index contributed by atoms with van der Waals surface area (Å²) >= 11 is 0. The molecule has 0 amide bonds. The topological polar surface area (TPSA) is 32.7 Å². The molecule has 1 aromatic rings. The van der Waals surface area contributed by atoms with Crippen molar-refractivity contribution in [2.24, 2.45) is 5.92 Å². The van der Waals surface area contributed by atoms with Crippen LogP contribution >= 0.6 is 0 Å². The standard InChI is InChI=1S/C18H29NO2/c1-2-3-6-13-21-18-8-5-4-7-17(18)14-19-11-9-16(15-20)10-12-19/h4-5,7-8,16,20H,2-3,6,9-15H2,1H3. The first-order chi connectivity index (χ1) is 10.3. The monoisotopic (exact) mass is 291 g/mol. The molecule has 1 saturated heterocycles. The summed E-state index contributed by atoms with van der Waals surface area (Å²) in [6.45, 7) is 6.49. The van der Waals surface area contributed by atoms with E-state index in [2.05, 4.69) is 36.1 Å². The number of hydrogen-bond acceptors (Lipinski definition) is 3. The third-order valence-corrected chi connectivity index (χ3v) is 4.34. The van der Waals surface area contributed by atoms with Gasteiger partial charge in [0.15, 0.2) is 0 Å². The Morgan fingerprint density at radius 3 is 2.67 bits per heavy atom. The Bertz CT molecular complexity index is 400. The van der Waals surface area contributed by atoms with Crippen molar-refractivity contribution in [1.82, 2.24) is 4.90 Å². The Balaban J connectivity index is 1.85. The van der Waals surface area contributed by atoms with Gasteiger partial charge in [-0.15, -0.1) is 0 Å². The lowest BCUT2D eigenvalue weighted by Crippen LogP contribution is -2.34. The van der Waals surface area contributed by atoms with Crippen molar-refractivity contribution in [1.29, 1.82) is 0 Å². The minimum atomic E-state index is 0.338. The van der Waals surface area contributed by atoms with Crippen LogP contribution in [0.25, 0.3) is 0 Å². The Morgan fingerprint density at radius 1 is 1.19 bits per heavy atom. The molecule has 3 heteroatoms. The average molecular weight is 291 g/mol. The van der Waals surface area contributed by atoms with Crippen LogP contribution in [0.15, 0.2) is 24.3 Å². The van der Waals surface area contributed by atoms with Gasteiger partial charge in [0, 0.05) is 18.7 Å². The summed E-state index contributed by atoms with van der Waals surface area (Å²) < 4.78 is 5.96. The van der Waals surface area contributed by atoms with Crippen molar-refractivity contribution in [3.8, 4) is 5.75 Å². The first-order valence-electron chi connectivity index (χ1n) is 8.37. The van der Waals surface area contributed by atoms with E-state index < -0.39 is 0 Å². The number of piperidine rings is 1. The number of unbranched alkanes of at least 4 members (excludes halogenated alkanes) is 2. The smallest absolute Gasteiger partial charge is 0.123 e. The zero-order valence-corrected chi connectivity index (χ0v) is 13.3. The summed E-state index contributed by atoms with van der Waals surface area (Å²) in [5.74, 6) is 1.54. The van der Waals surface area contributed by atoms with Gasteiger partial charge in [-0.05, 0) is 44.3 Å². The van der Waals surface area contributed by atoms with Crippen LogP contribution in [0.4, 0.5) is 0 Å². The SMILES string of the molecule is CCCCCOc1ccccc1CN1CCC(CO)CC1. The van der Waals surface area contributed by atoms with Crippen LogP contribution in [0, 0.1) is 5.92 Å². The van der Waals surface area contributed by atoms with Crippen LogP contribution in [0.3, 0.4) is 0 Å². The Labute approximate surface area is 128 Å². The van der Waals surface area contributed by atoms with Crippen molar-refractivity contribution >= 4 is 0 Å². The second-order valence-corrected chi connectivity index (χ2v) is 6.07. The normalized spacial score (nSPS) is 17.0. The molecule has 1 heterocycles. The highest BCUT2D eigenvalue weighted by Gasteiger charge is 2.19. The number of aliphatic hydroxyl groups is 1. The van der Waals surface area contributed by atoms with E-state index >= 15 is 0 Å². The van der Waals surface area contributed by atoms with Gasteiger partial charge in [-0.25, -0.2) is 0 Å². The van der Waals surface area contributed by atoms with Crippen LogP contribution in [-0.4, -0.2) is 36.3 Å². The summed E-state index contributed by atoms with van der Waals surface area (Å²) in [4.78, 5) is 2.47. The maximum absolute atomic E-state index is 9.21. The average Bonchev–Trinajstić information content (AvgIpc) is 2.54. The molecule has 0 saturated carbocycles. The minimum absolute atomic E-state index is 0.338. The summed E-state index contributed by atoms with van der Waals surface area (Å²) in [6.07, 6.45) is 5.81. The number of likely N-dealkylation sites (tertiary alicyclic amines) is 1. The Kier molecular flexibility index (Phi) is 7.04. The molecule has 1 aliphatic rings. The quantitative estimate of drug-likeness (QED) is 0.745. The van der Waals surface area contributed by atoms with Crippen molar-refractivity contribution in [2.75, 3.05) is 26.3 Å². The van der Waals surface area contributed by atoms with Crippen molar-refractivity contribution in [2.45, 2.75) is 45.6 Å². The van der Waals surface area contributed by atoms with Crippen LogP contribution in [-0.2, 0) is 6.54 Å². The highest BCUT2D eigenvalue weighted by atomic mass is 16.5. The number of aliphatic hydroxyl groups excluding tert-OH is 1. The first-order valence-corrected chi connectivity index (χ1v) is 8.37. The van der Waals surface area contributed by atoms with E-state index in [0.29, 0.717) is 12.5 Å². The van der Waals surface area contributed by atoms with E-state index in [1.165, 1.54) is 18.4 Å². The summed E-state index contributed by atoms with van der Waals surface area (Å²) in [6, 6.07) is 8.40. The zero-order valence-electron chi connectivity index (χ0n) is 13.3. The Hall–Kier alpha value is -1.06. The second kappa shape index (κ2) is 9.06. The molecule has 1 aromatic carbocycles. The van der Waals surface area contributed by atoms with Gasteiger partial charge in [0.1, 0.15) is 5.75 Å². The molecule has 118 valence electrons. The third kappa shape index (κ3) is 5.33. The van der Waals surface area contributed by atoms with Crippen molar-refractivity contribution in [3.63, 3.8) is 0 Å². The molecule has 1 aliphatic heterocycles. The van der Waals surface area contributed by atoms with Crippen LogP contribution in [0.1, 0.15) is 44.6 Å². The molecule has 0 atom stereocenters. The number of para-hydroxylation sites is 1. The molecule has 0 aromatic heterocycles. The number of hydrogen-bond donors (Lipinski definition) is 1. The molecule has 0 unspecified atom stereocenters. The molecular weight excluding hydrogens is 262 g/mol. The number of ether oxygens (including phenoxy) is 1. The number of benzene rings is 1. The predicted octanol–water partition coefficient (Wildman–Crippen LogP) is 3.46. The largest absolute Gasteiger partial charge is 0.493 e. The van der Waals surface area contributed by atoms with E-state index in [1.54, 1.807) is 0 Å². The lowest BCUT2D eigenvalue weighted by Gasteiger charge is -2.31. The van der Waals surface area contributed by atoms with Gasteiger partial charge >= 0.3 is 0 Å². The van der Waals surface area contributed by atoms with E-state index in [1.807, 2.05) is 0 Å². The highest BCUT2D eigenvalue weighted by molar-refractivity contribution is 5.33. The highest BCUT2D eigenvalue weighted by Crippen LogP contribution is 2.23. The van der Waals surface area contributed by atoms with Crippen LogP contribution in [0.5, 0.6) is 5.75 Å². The van der Waals surface area contributed by atoms with Gasteiger partial charge in [0.25, 0.3) is 0 Å². The fraction of sp³-hybridized carbons (Fsp3) is 0.667. The van der Waals surface area contributed by atoms with Gasteiger partial charge in [0.05, 0.1) is 6.61 Å². The van der Waals surface area contributed by atoms with E-state index in [9.17, 15) is 5.11 Å². The summed E-state index contributed by atoms with van der Waals surface area (Å²) in [5.41, 5.74) is 1.29. The molecule has 3 nitrogen and oxygen atoms in total. The van der Waals surface area contributed by atoms with E-state index in [-0.39, 0.29) is 0 Å². The van der Waals surface area contributed by atoms with Crippen LogP contribution < -0.4 is 4.74 Å². The van der Waals surface area contributed by atoms with Crippen molar-refractivity contribution in [3.05, 3.63) is 29.8 Å². The molecule has 1 N–H and O–H groups in total.